The van der Waals surface area contributed by atoms with Crippen molar-refractivity contribution in [3.05, 3.63) is 95.6 Å². The number of aliphatic carboxylic acids is 1. The van der Waals surface area contributed by atoms with Crippen molar-refractivity contribution in [2.45, 2.75) is 24.7 Å². The SMILES string of the molecule is CCC(CNC(=O)OCC1c2ccccc2-c2ccccc21)(C(=O)O)c1ccccc1. The van der Waals surface area contributed by atoms with Gasteiger partial charge in [0.25, 0.3) is 0 Å². The highest BCUT2D eigenvalue weighted by Gasteiger charge is 2.39. The number of benzene rings is 3. The number of alkyl carbamates (subject to hydrolysis) is 1. The number of ether oxygens (including phenoxy) is 1. The molecule has 0 saturated carbocycles. The van der Waals surface area contributed by atoms with Gasteiger partial charge in [0, 0.05) is 12.5 Å². The molecule has 0 spiro atoms. The van der Waals surface area contributed by atoms with E-state index in [1.165, 1.54) is 0 Å². The summed E-state index contributed by atoms with van der Waals surface area (Å²) in [5, 5.41) is 12.6. The Labute approximate surface area is 181 Å². The van der Waals surface area contributed by atoms with Gasteiger partial charge in [-0.3, -0.25) is 4.79 Å². The second-order valence-electron chi connectivity index (χ2n) is 7.79. The molecule has 1 unspecified atom stereocenters. The molecule has 0 radical (unpaired) electrons. The van der Waals surface area contributed by atoms with Crippen LogP contribution in [0.15, 0.2) is 78.9 Å². The number of fused-ring (bicyclic) bond motifs is 3. The van der Waals surface area contributed by atoms with E-state index in [0.717, 1.165) is 22.3 Å². The summed E-state index contributed by atoms with van der Waals surface area (Å²) in [4.78, 5) is 24.6. The van der Waals surface area contributed by atoms with Crippen LogP contribution < -0.4 is 5.32 Å². The van der Waals surface area contributed by atoms with Crippen LogP contribution in [0, 0.1) is 0 Å². The molecule has 0 heterocycles. The van der Waals surface area contributed by atoms with Crippen LogP contribution in [0.4, 0.5) is 4.79 Å². The summed E-state index contributed by atoms with van der Waals surface area (Å²) >= 11 is 0. The van der Waals surface area contributed by atoms with Gasteiger partial charge in [-0.05, 0) is 34.2 Å². The van der Waals surface area contributed by atoms with E-state index >= 15 is 0 Å². The second-order valence-corrected chi connectivity index (χ2v) is 7.79. The first-order chi connectivity index (χ1) is 15.1. The summed E-state index contributed by atoms with van der Waals surface area (Å²) in [6.45, 7) is 1.96. The van der Waals surface area contributed by atoms with Crippen molar-refractivity contribution < 1.29 is 19.4 Å². The van der Waals surface area contributed by atoms with Crippen LogP contribution in [0.2, 0.25) is 0 Å². The highest BCUT2D eigenvalue weighted by atomic mass is 16.5. The molecule has 31 heavy (non-hydrogen) atoms. The minimum absolute atomic E-state index is 0.0392. The lowest BCUT2D eigenvalue weighted by Crippen LogP contribution is -2.46. The standard InChI is InChI=1S/C26H25NO4/c1-2-26(24(28)29,18-10-4-3-5-11-18)17-27-25(30)31-16-23-21-14-8-6-12-19(21)20-13-7-9-15-22(20)23/h3-15,23H,2,16-17H2,1H3,(H,27,30)(H,28,29). The third-order valence-electron chi connectivity index (χ3n) is 6.22. The van der Waals surface area contributed by atoms with Gasteiger partial charge in [0.2, 0.25) is 0 Å². The lowest BCUT2D eigenvalue weighted by atomic mass is 9.78. The molecule has 0 aliphatic heterocycles. The summed E-state index contributed by atoms with van der Waals surface area (Å²) in [5.41, 5.74) is 4.04. The Morgan fingerprint density at radius 2 is 1.45 bits per heavy atom. The average molecular weight is 415 g/mol. The van der Waals surface area contributed by atoms with E-state index in [0.29, 0.717) is 12.0 Å². The smallest absolute Gasteiger partial charge is 0.407 e. The predicted molar refractivity (Wildman–Crippen MR) is 119 cm³/mol. The van der Waals surface area contributed by atoms with Crippen molar-refractivity contribution in [2.24, 2.45) is 0 Å². The van der Waals surface area contributed by atoms with Crippen molar-refractivity contribution >= 4 is 12.1 Å². The lowest BCUT2D eigenvalue weighted by Gasteiger charge is -2.29. The number of carboxylic acids is 1. The second kappa shape index (κ2) is 8.64. The molecule has 1 amide bonds. The van der Waals surface area contributed by atoms with E-state index in [-0.39, 0.29) is 19.1 Å². The van der Waals surface area contributed by atoms with Crippen LogP contribution in [-0.2, 0) is 14.9 Å². The van der Waals surface area contributed by atoms with Crippen LogP contribution in [0.3, 0.4) is 0 Å². The molecule has 1 aliphatic rings. The Balaban J connectivity index is 1.46. The molecule has 1 atom stereocenters. The summed E-state index contributed by atoms with van der Waals surface area (Å²) < 4.78 is 5.55. The summed E-state index contributed by atoms with van der Waals surface area (Å²) in [6, 6.07) is 25.3. The zero-order valence-corrected chi connectivity index (χ0v) is 17.4. The third-order valence-corrected chi connectivity index (χ3v) is 6.22. The number of hydrogen-bond donors (Lipinski definition) is 2. The minimum Gasteiger partial charge on any atom is -0.481 e. The largest absolute Gasteiger partial charge is 0.481 e. The topological polar surface area (TPSA) is 75.6 Å². The Morgan fingerprint density at radius 3 is 2.00 bits per heavy atom. The lowest BCUT2D eigenvalue weighted by molar-refractivity contribution is -0.143. The van der Waals surface area contributed by atoms with Crippen molar-refractivity contribution in [1.82, 2.24) is 5.32 Å². The van der Waals surface area contributed by atoms with Gasteiger partial charge < -0.3 is 15.2 Å². The molecule has 4 rings (SSSR count). The fourth-order valence-electron chi connectivity index (χ4n) is 4.41. The summed E-state index contributed by atoms with van der Waals surface area (Å²) in [5.74, 6) is -1.01. The predicted octanol–water partition coefficient (Wildman–Crippen LogP) is 4.96. The Hall–Kier alpha value is -3.60. The molecule has 0 saturated heterocycles. The molecule has 0 bridgehead atoms. The third kappa shape index (κ3) is 3.79. The van der Waals surface area contributed by atoms with Crippen molar-refractivity contribution in [3.63, 3.8) is 0 Å². The number of nitrogens with one attached hydrogen (secondary N) is 1. The normalized spacial score (nSPS) is 14.2. The van der Waals surface area contributed by atoms with Gasteiger partial charge >= 0.3 is 12.1 Å². The highest BCUT2D eigenvalue weighted by Crippen LogP contribution is 2.44. The molecule has 0 fully saturated rings. The zero-order chi connectivity index (χ0) is 21.8. The van der Waals surface area contributed by atoms with Gasteiger partial charge in [-0.25, -0.2) is 4.79 Å². The number of carbonyl (C=O) groups is 2. The molecule has 3 aromatic carbocycles. The van der Waals surface area contributed by atoms with Gasteiger partial charge in [0.15, 0.2) is 0 Å². The quantitative estimate of drug-likeness (QED) is 0.572. The van der Waals surface area contributed by atoms with Crippen molar-refractivity contribution in [3.8, 4) is 11.1 Å². The average Bonchev–Trinajstić information content (AvgIpc) is 3.13. The maximum Gasteiger partial charge on any atom is 0.407 e. The van der Waals surface area contributed by atoms with Gasteiger partial charge in [-0.2, -0.15) is 0 Å². The molecule has 3 aromatic rings. The Bertz CT molecular complexity index is 1050. The first kappa shape index (κ1) is 20.7. The fourth-order valence-corrected chi connectivity index (χ4v) is 4.41. The maximum absolute atomic E-state index is 12.5. The number of carboxylic acid groups (broad SMARTS) is 1. The molecular formula is C26H25NO4. The molecule has 0 aromatic heterocycles. The van der Waals surface area contributed by atoms with E-state index < -0.39 is 17.5 Å². The van der Waals surface area contributed by atoms with E-state index in [4.69, 9.17) is 4.74 Å². The molecule has 1 aliphatic carbocycles. The van der Waals surface area contributed by atoms with Crippen molar-refractivity contribution in [1.29, 1.82) is 0 Å². The molecule has 5 heteroatoms. The Morgan fingerprint density at radius 1 is 0.903 bits per heavy atom. The monoisotopic (exact) mass is 415 g/mol. The zero-order valence-electron chi connectivity index (χ0n) is 17.4. The molecular weight excluding hydrogens is 390 g/mol. The number of amides is 1. The van der Waals surface area contributed by atoms with Crippen LogP contribution in [-0.4, -0.2) is 30.3 Å². The number of hydrogen-bond acceptors (Lipinski definition) is 3. The molecule has 2 N–H and O–H groups in total. The highest BCUT2D eigenvalue weighted by molar-refractivity contribution is 5.83. The van der Waals surface area contributed by atoms with Gasteiger partial charge in [0.05, 0.1) is 0 Å². The van der Waals surface area contributed by atoms with Crippen LogP contribution in [0.1, 0.15) is 36.0 Å². The fraction of sp³-hybridized carbons (Fsp3) is 0.231. The minimum atomic E-state index is -1.20. The number of carbonyl (C=O) groups excluding carboxylic acids is 1. The van der Waals surface area contributed by atoms with E-state index in [1.807, 2.05) is 30.3 Å². The van der Waals surface area contributed by atoms with Crippen LogP contribution >= 0.6 is 0 Å². The van der Waals surface area contributed by atoms with Crippen molar-refractivity contribution in [2.75, 3.05) is 13.2 Å². The van der Waals surface area contributed by atoms with Crippen LogP contribution in [0.5, 0.6) is 0 Å². The van der Waals surface area contributed by atoms with E-state index in [1.54, 1.807) is 31.2 Å². The van der Waals surface area contributed by atoms with Gasteiger partial charge in [-0.15, -0.1) is 0 Å². The summed E-state index contributed by atoms with van der Waals surface area (Å²) in [7, 11) is 0. The van der Waals surface area contributed by atoms with Crippen LogP contribution in [0.25, 0.3) is 11.1 Å². The first-order valence-corrected chi connectivity index (χ1v) is 10.4. The van der Waals surface area contributed by atoms with E-state index in [9.17, 15) is 14.7 Å². The summed E-state index contributed by atoms with van der Waals surface area (Å²) in [6.07, 6.45) is -0.271. The molecule has 5 nitrogen and oxygen atoms in total. The van der Waals surface area contributed by atoms with Gasteiger partial charge in [0.1, 0.15) is 12.0 Å². The molecule has 158 valence electrons. The number of rotatable bonds is 7. The van der Waals surface area contributed by atoms with Gasteiger partial charge in [-0.1, -0.05) is 85.8 Å². The maximum atomic E-state index is 12.5. The Kier molecular flexibility index (Phi) is 5.76. The first-order valence-electron chi connectivity index (χ1n) is 10.4. The van der Waals surface area contributed by atoms with E-state index in [2.05, 4.69) is 29.6 Å².